The summed E-state index contributed by atoms with van der Waals surface area (Å²) in [6, 6.07) is 0. The van der Waals surface area contributed by atoms with Gasteiger partial charge in [-0.2, -0.15) is 0 Å². The Labute approximate surface area is 222 Å². The summed E-state index contributed by atoms with van der Waals surface area (Å²) in [4.78, 5) is 12.9. The number of allylic oxidation sites excluding steroid dienone is 2. The van der Waals surface area contributed by atoms with Gasteiger partial charge in [0.25, 0.3) is 0 Å². The van der Waals surface area contributed by atoms with Crippen molar-refractivity contribution in [1.82, 2.24) is 0 Å². The summed E-state index contributed by atoms with van der Waals surface area (Å²) in [5, 5.41) is 54.9. The Morgan fingerprint density at radius 3 is 2.19 bits per heavy atom. The third kappa shape index (κ3) is 3.28. The molecule has 0 spiro atoms. The first-order chi connectivity index (χ1) is 17.1. The number of aliphatic hydroxyl groups is 4. The summed E-state index contributed by atoms with van der Waals surface area (Å²) in [7, 11) is 0. The smallest absolute Gasteiger partial charge is 0.310 e. The number of carboxylic acids is 1. The molecule has 0 heterocycles. The zero-order valence-corrected chi connectivity index (χ0v) is 23.8. The number of carbonyl (C=O) groups is 1. The lowest BCUT2D eigenvalue weighted by Crippen LogP contribution is -2.71. The maximum absolute atomic E-state index is 12.9. The average Bonchev–Trinajstić information content (AvgIpc) is 2.81. The molecule has 4 fully saturated rings. The summed E-state index contributed by atoms with van der Waals surface area (Å²) in [6.45, 7) is 12.8. The second-order valence-electron chi connectivity index (χ2n) is 15.3. The third-order valence-electron chi connectivity index (χ3n) is 13.3. The van der Waals surface area contributed by atoms with Gasteiger partial charge in [-0.1, -0.05) is 53.2 Å². The van der Waals surface area contributed by atoms with Gasteiger partial charge in [0.05, 0.1) is 30.3 Å². The predicted octanol–water partition coefficient (Wildman–Crippen LogP) is 4.54. The van der Waals surface area contributed by atoms with Crippen molar-refractivity contribution in [2.24, 2.45) is 50.2 Å². The quantitative estimate of drug-likeness (QED) is 0.350. The Kier molecular flexibility index (Phi) is 6.18. The highest BCUT2D eigenvalue weighted by Crippen LogP contribution is 2.76. The molecule has 210 valence electrons. The van der Waals surface area contributed by atoms with Gasteiger partial charge in [-0.15, -0.1) is 0 Å². The highest BCUT2D eigenvalue weighted by atomic mass is 16.4. The van der Waals surface area contributed by atoms with Crippen molar-refractivity contribution in [2.75, 3.05) is 6.61 Å². The second kappa shape index (κ2) is 8.28. The molecule has 6 heteroatoms. The second-order valence-corrected chi connectivity index (χ2v) is 15.3. The fraction of sp³-hybridized carbons (Fsp3) is 0.903. The number of fused-ring (bicyclic) bond motifs is 7. The minimum atomic E-state index is -1.08. The van der Waals surface area contributed by atoms with Crippen LogP contribution < -0.4 is 0 Å². The molecule has 0 aliphatic heterocycles. The van der Waals surface area contributed by atoms with Crippen molar-refractivity contribution in [3.63, 3.8) is 0 Å². The number of aliphatic hydroxyl groups excluding tert-OH is 4. The predicted molar refractivity (Wildman–Crippen MR) is 141 cm³/mol. The SMILES string of the molecule is CC[C@@]12CC[C@@]3(C(=O)O)CCC(C)(C)C[C@H]3C1=CC[C@@H]1[C@@]3(C)C[C@@H](O)[C@H](O)[C@@](C)(CO)[C@@H]3[C@H](O)C[C@]12C. The van der Waals surface area contributed by atoms with E-state index in [1.807, 2.05) is 6.92 Å². The lowest BCUT2D eigenvalue weighted by atomic mass is 9.32. The van der Waals surface area contributed by atoms with Gasteiger partial charge in [-0.05, 0) is 91.3 Å². The Hall–Kier alpha value is -0.950. The normalized spacial score (nSPS) is 54.7. The van der Waals surface area contributed by atoms with E-state index in [0.717, 1.165) is 38.5 Å². The largest absolute Gasteiger partial charge is 0.481 e. The van der Waals surface area contributed by atoms with Crippen molar-refractivity contribution < 1.29 is 30.3 Å². The highest BCUT2D eigenvalue weighted by molar-refractivity contribution is 5.76. The fourth-order valence-corrected chi connectivity index (χ4v) is 11.5. The molecule has 5 rings (SSSR count). The topological polar surface area (TPSA) is 118 Å². The van der Waals surface area contributed by atoms with Crippen LogP contribution in [0, 0.1) is 50.2 Å². The average molecular weight is 519 g/mol. The lowest BCUT2D eigenvalue weighted by molar-refractivity contribution is -0.275. The molecule has 5 aliphatic rings. The Balaban J connectivity index is 1.67. The maximum Gasteiger partial charge on any atom is 0.310 e. The van der Waals surface area contributed by atoms with E-state index in [2.05, 4.69) is 40.7 Å². The van der Waals surface area contributed by atoms with Gasteiger partial charge in [0, 0.05) is 11.3 Å². The summed E-state index contributed by atoms with van der Waals surface area (Å²) in [5.74, 6) is -0.825. The van der Waals surface area contributed by atoms with Crippen LogP contribution in [0.3, 0.4) is 0 Å². The van der Waals surface area contributed by atoms with Crippen LogP contribution in [-0.2, 0) is 4.79 Å². The molecule has 4 saturated carbocycles. The fourth-order valence-electron chi connectivity index (χ4n) is 11.5. The molecule has 0 aromatic rings. The molecule has 5 aliphatic carbocycles. The molecule has 0 unspecified atom stereocenters. The van der Waals surface area contributed by atoms with E-state index < -0.39 is 40.5 Å². The van der Waals surface area contributed by atoms with Crippen LogP contribution in [0.1, 0.15) is 99.3 Å². The van der Waals surface area contributed by atoms with E-state index in [4.69, 9.17) is 0 Å². The van der Waals surface area contributed by atoms with Crippen LogP contribution in [0.5, 0.6) is 0 Å². The van der Waals surface area contributed by atoms with E-state index in [-0.39, 0.29) is 40.6 Å². The van der Waals surface area contributed by atoms with Gasteiger partial charge >= 0.3 is 5.97 Å². The van der Waals surface area contributed by atoms with E-state index in [0.29, 0.717) is 19.3 Å². The zero-order chi connectivity index (χ0) is 27.4. The van der Waals surface area contributed by atoms with Crippen LogP contribution in [0.4, 0.5) is 0 Å². The molecule has 0 bridgehead atoms. The van der Waals surface area contributed by atoms with Gasteiger partial charge in [0.1, 0.15) is 0 Å². The summed E-state index contributed by atoms with van der Waals surface area (Å²) >= 11 is 0. The van der Waals surface area contributed by atoms with E-state index in [1.165, 1.54) is 5.57 Å². The van der Waals surface area contributed by atoms with E-state index in [1.54, 1.807) is 0 Å². The third-order valence-corrected chi connectivity index (χ3v) is 13.3. The summed E-state index contributed by atoms with van der Waals surface area (Å²) in [6.07, 6.45) is 6.27. The number of hydrogen-bond acceptors (Lipinski definition) is 5. The van der Waals surface area contributed by atoms with Crippen LogP contribution in [-0.4, -0.2) is 56.4 Å². The lowest BCUT2D eigenvalue weighted by Gasteiger charge is -2.73. The number of carboxylic acid groups (broad SMARTS) is 1. The van der Waals surface area contributed by atoms with Crippen molar-refractivity contribution >= 4 is 5.97 Å². The van der Waals surface area contributed by atoms with Crippen molar-refractivity contribution in [2.45, 2.75) is 118 Å². The standard InChI is InChI=1S/C31H50O6/c1-7-31-13-12-30(25(36)37)11-10-26(2,3)14-19(30)18(31)8-9-22-27(4)15-21(34)24(35)28(5,17-32)23(27)20(33)16-29(22,31)6/h8,19-24,32-35H,7,9-17H2,1-6H3,(H,36,37)/t19-,20+,21+,22+,23+,24-,27+,28-,29+,30-,31+/m0/s1. The van der Waals surface area contributed by atoms with Gasteiger partial charge in [0.2, 0.25) is 0 Å². The molecule has 37 heavy (non-hydrogen) atoms. The molecule has 0 saturated heterocycles. The number of aliphatic carboxylic acids is 1. The molecule has 0 radical (unpaired) electrons. The number of rotatable bonds is 3. The molecule has 0 amide bonds. The first-order valence-electron chi connectivity index (χ1n) is 14.7. The molecule has 11 atom stereocenters. The van der Waals surface area contributed by atoms with Crippen molar-refractivity contribution in [1.29, 1.82) is 0 Å². The first kappa shape index (κ1) is 27.6. The van der Waals surface area contributed by atoms with Crippen molar-refractivity contribution in [3.05, 3.63) is 11.6 Å². The number of hydrogen-bond donors (Lipinski definition) is 5. The van der Waals surface area contributed by atoms with E-state index in [9.17, 15) is 30.3 Å². The van der Waals surface area contributed by atoms with Crippen LogP contribution in [0.15, 0.2) is 11.6 Å². The maximum atomic E-state index is 12.9. The van der Waals surface area contributed by atoms with Crippen molar-refractivity contribution in [3.8, 4) is 0 Å². The van der Waals surface area contributed by atoms with Crippen LogP contribution in [0.25, 0.3) is 0 Å². The van der Waals surface area contributed by atoms with Crippen LogP contribution >= 0.6 is 0 Å². The molecular formula is C31H50O6. The molecule has 0 aromatic carbocycles. The Morgan fingerprint density at radius 1 is 0.946 bits per heavy atom. The Bertz CT molecular complexity index is 990. The molecule has 6 nitrogen and oxygen atoms in total. The monoisotopic (exact) mass is 518 g/mol. The van der Waals surface area contributed by atoms with E-state index >= 15 is 0 Å². The Morgan fingerprint density at radius 2 is 1.59 bits per heavy atom. The first-order valence-corrected chi connectivity index (χ1v) is 14.7. The molecular weight excluding hydrogens is 468 g/mol. The van der Waals surface area contributed by atoms with Gasteiger partial charge in [-0.3, -0.25) is 4.79 Å². The summed E-state index contributed by atoms with van der Waals surface area (Å²) in [5.41, 5.74) is -1.24. The molecule has 5 N–H and O–H groups in total. The zero-order valence-electron chi connectivity index (χ0n) is 23.8. The minimum absolute atomic E-state index is 0.00405. The van der Waals surface area contributed by atoms with Gasteiger partial charge < -0.3 is 25.5 Å². The summed E-state index contributed by atoms with van der Waals surface area (Å²) < 4.78 is 0. The van der Waals surface area contributed by atoms with Crippen LogP contribution in [0.2, 0.25) is 0 Å². The molecule has 0 aromatic heterocycles. The highest BCUT2D eigenvalue weighted by Gasteiger charge is 2.73. The van der Waals surface area contributed by atoms with Gasteiger partial charge in [-0.25, -0.2) is 0 Å². The minimum Gasteiger partial charge on any atom is -0.481 e. The van der Waals surface area contributed by atoms with Gasteiger partial charge in [0.15, 0.2) is 0 Å².